The van der Waals surface area contributed by atoms with Crippen molar-refractivity contribution in [3.05, 3.63) is 0 Å². The SMILES string of the molecule is O=C(CCOCC(F)(F)F)NCC1CCC(Br)C1. The first-order valence-electron chi connectivity index (χ1n) is 5.92. The van der Waals surface area contributed by atoms with Crippen LogP contribution in [0.5, 0.6) is 0 Å². The summed E-state index contributed by atoms with van der Waals surface area (Å²) in [5.74, 6) is 0.213. The fourth-order valence-corrected chi connectivity index (χ4v) is 2.69. The number of carbonyl (C=O) groups excluding carboxylic acids is 1. The summed E-state index contributed by atoms with van der Waals surface area (Å²) in [5, 5.41) is 2.72. The summed E-state index contributed by atoms with van der Waals surface area (Å²) in [6.07, 6.45) is -1.15. The predicted molar refractivity (Wildman–Crippen MR) is 64.6 cm³/mol. The van der Waals surface area contributed by atoms with Crippen LogP contribution in [0.3, 0.4) is 0 Å². The molecular weight excluding hydrogens is 315 g/mol. The molecule has 2 atom stereocenters. The molecule has 7 heteroatoms. The summed E-state index contributed by atoms with van der Waals surface area (Å²) >= 11 is 3.52. The maximum atomic E-state index is 11.7. The molecule has 0 aliphatic heterocycles. The van der Waals surface area contributed by atoms with Crippen LogP contribution in [-0.4, -0.2) is 36.7 Å². The number of amides is 1. The molecule has 0 bridgehead atoms. The van der Waals surface area contributed by atoms with Crippen LogP contribution in [0.2, 0.25) is 0 Å². The van der Waals surface area contributed by atoms with E-state index in [9.17, 15) is 18.0 Å². The molecule has 1 aliphatic carbocycles. The van der Waals surface area contributed by atoms with Crippen LogP contribution in [0.1, 0.15) is 25.7 Å². The van der Waals surface area contributed by atoms with E-state index in [-0.39, 0.29) is 18.9 Å². The van der Waals surface area contributed by atoms with Crippen LogP contribution in [-0.2, 0) is 9.53 Å². The summed E-state index contributed by atoms with van der Waals surface area (Å²) < 4.78 is 39.6. The van der Waals surface area contributed by atoms with E-state index in [1.807, 2.05) is 0 Å². The molecule has 0 saturated heterocycles. The van der Waals surface area contributed by atoms with E-state index < -0.39 is 12.8 Å². The normalized spacial score (nSPS) is 24.2. The van der Waals surface area contributed by atoms with Gasteiger partial charge in [-0.05, 0) is 25.2 Å². The van der Waals surface area contributed by atoms with E-state index in [0.717, 1.165) is 19.3 Å². The number of nitrogens with one attached hydrogen (secondary N) is 1. The van der Waals surface area contributed by atoms with E-state index in [1.54, 1.807) is 0 Å². The molecule has 0 radical (unpaired) electrons. The Morgan fingerprint density at radius 2 is 2.11 bits per heavy atom. The first-order valence-corrected chi connectivity index (χ1v) is 6.83. The van der Waals surface area contributed by atoms with E-state index >= 15 is 0 Å². The van der Waals surface area contributed by atoms with Gasteiger partial charge in [0.15, 0.2) is 0 Å². The van der Waals surface area contributed by atoms with Crippen molar-refractivity contribution in [2.75, 3.05) is 19.8 Å². The highest BCUT2D eigenvalue weighted by molar-refractivity contribution is 9.09. The van der Waals surface area contributed by atoms with Crippen LogP contribution in [0.15, 0.2) is 0 Å². The molecule has 0 heterocycles. The Hall–Kier alpha value is -0.300. The van der Waals surface area contributed by atoms with Gasteiger partial charge in [-0.25, -0.2) is 0 Å². The van der Waals surface area contributed by atoms with Crippen molar-refractivity contribution in [1.82, 2.24) is 5.32 Å². The van der Waals surface area contributed by atoms with Crippen LogP contribution in [0.25, 0.3) is 0 Å². The van der Waals surface area contributed by atoms with E-state index in [0.29, 0.717) is 17.3 Å². The zero-order valence-corrected chi connectivity index (χ0v) is 11.5. The number of hydrogen-bond acceptors (Lipinski definition) is 2. The van der Waals surface area contributed by atoms with Crippen LogP contribution < -0.4 is 5.32 Å². The minimum atomic E-state index is -4.33. The van der Waals surface area contributed by atoms with Gasteiger partial charge >= 0.3 is 6.18 Å². The number of alkyl halides is 4. The molecule has 1 saturated carbocycles. The molecule has 18 heavy (non-hydrogen) atoms. The second-order valence-corrected chi connectivity index (χ2v) is 5.79. The third-order valence-electron chi connectivity index (χ3n) is 2.80. The van der Waals surface area contributed by atoms with Gasteiger partial charge in [-0.2, -0.15) is 13.2 Å². The quantitative estimate of drug-likeness (QED) is 0.600. The molecule has 1 fully saturated rings. The number of rotatable bonds is 6. The monoisotopic (exact) mass is 331 g/mol. The van der Waals surface area contributed by atoms with Gasteiger partial charge < -0.3 is 10.1 Å². The number of halogens is 4. The second-order valence-electron chi connectivity index (χ2n) is 4.50. The van der Waals surface area contributed by atoms with Crippen molar-refractivity contribution >= 4 is 21.8 Å². The van der Waals surface area contributed by atoms with E-state index in [4.69, 9.17) is 0 Å². The fraction of sp³-hybridized carbons (Fsp3) is 0.909. The highest BCUT2D eigenvalue weighted by Gasteiger charge is 2.27. The Morgan fingerprint density at radius 1 is 1.39 bits per heavy atom. The van der Waals surface area contributed by atoms with Crippen LogP contribution in [0.4, 0.5) is 13.2 Å². The Kier molecular flexibility index (Phi) is 6.42. The first kappa shape index (κ1) is 15.8. The molecule has 106 valence electrons. The molecule has 1 amide bonds. The summed E-state index contributed by atoms with van der Waals surface area (Å²) in [5.41, 5.74) is 0. The van der Waals surface area contributed by atoms with Gasteiger partial charge in [-0.15, -0.1) is 0 Å². The molecule has 1 rings (SSSR count). The molecule has 3 nitrogen and oxygen atoms in total. The summed E-state index contributed by atoms with van der Waals surface area (Å²) in [6, 6.07) is 0. The molecule has 1 N–H and O–H groups in total. The standard InChI is InChI=1S/C11H17BrF3NO2/c12-9-2-1-8(5-9)6-16-10(17)3-4-18-7-11(13,14)15/h8-9H,1-7H2,(H,16,17). The van der Waals surface area contributed by atoms with E-state index in [1.165, 1.54) is 0 Å². The lowest BCUT2D eigenvalue weighted by Gasteiger charge is -2.11. The maximum absolute atomic E-state index is 11.7. The first-order chi connectivity index (χ1) is 8.37. The van der Waals surface area contributed by atoms with Gasteiger partial charge in [0.05, 0.1) is 6.61 Å². The molecule has 0 aromatic rings. The van der Waals surface area contributed by atoms with Crippen molar-refractivity contribution in [1.29, 1.82) is 0 Å². The minimum Gasteiger partial charge on any atom is -0.372 e. The molecule has 0 spiro atoms. The van der Waals surface area contributed by atoms with Gasteiger partial charge in [-0.1, -0.05) is 15.9 Å². The predicted octanol–water partition coefficient (Wildman–Crippen LogP) is 2.64. The van der Waals surface area contributed by atoms with Gasteiger partial charge in [0.25, 0.3) is 0 Å². The number of ether oxygens (including phenoxy) is 1. The molecule has 0 aromatic carbocycles. The lowest BCUT2D eigenvalue weighted by molar-refractivity contribution is -0.174. The van der Waals surface area contributed by atoms with Gasteiger partial charge in [0.2, 0.25) is 5.91 Å². The van der Waals surface area contributed by atoms with Gasteiger partial charge in [0, 0.05) is 17.8 Å². The largest absolute Gasteiger partial charge is 0.411 e. The zero-order valence-electron chi connectivity index (χ0n) is 9.93. The zero-order chi connectivity index (χ0) is 13.6. The Labute approximate surface area is 113 Å². The smallest absolute Gasteiger partial charge is 0.372 e. The number of hydrogen-bond donors (Lipinski definition) is 1. The summed E-state index contributed by atoms with van der Waals surface area (Å²) in [7, 11) is 0. The fourth-order valence-electron chi connectivity index (χ4n) is 1.90. The maximum Gasteiger partial charge on any atom is 0.411 e. The Balaban J connectivity index is 2.00. The van der Waals surface area contributed by atoms with Crippen molar-refractivity contribution in [3.63, 3.8) is 0 Å². The average Bonchev–Trinajstić information content (AvgIpc) is 2.66. The highest BCUT2D eigenvalue weighted by Crippen LogP contribution is 2.29. The molecule has 0 aromatic heterocycles. The van der Waals surface area contributed by atoms with Crippen molar-refractivity contribution in [2.45, 2.75) is 36.7 Å². The average molecular weight is 332 g/mol. The minimum absolute atomic E-state index is 0.0272. The molecule has 1 aliphatic rings. The van der Waals surface area contributed by atoms with Crippen molar-refractivity contribution in [2.24, 2.45) is 5.92 Å². The molecule has 2 unspecified atom stereocenters. The van der Waals surface area contributed by atoms with Gasteiger partial charge in [-0.3, -0.25) is 4.79 Å². The number of carbonyl (C=O) groups is 1. The van der Waals surface area contributed by atoms with Crippen LogP contribution >= 0.6 is 15.9 Å². The third kappa shape index (κ3) is 7.20. The topological polar surface area (TPSA) is 38.3 Å². The van der Waals surface area contributed by atoms with Gasteiger partial charge in [0.1, 0.15) is 6.61 Å². The van der Waals surface area contributed by atoms with Crippen molar-refractivity contribution < 1.29 is 22.7 Å². The summed E-state index contributed by atoms with van der Waals surface area (Å²) in [6.45, 7) is -0.897. The lowest BCUT2D eigenvalue weighted by Crippen LogP contribution is -2.29. The second kappa shape index (κ2) is 7.33. The Bertz CT molecular complexity index is 274. The van der Waals surface area contributed by atoms with Crippen LogP contribution in [0, 0.1) is 5.92 Å². The lowest BCUT2D eigenvalue weighted by atomic mass is 10.1. The summed E-state index contributed by atoms with van der Waals surface area (Å²) in [4.78, 5) is 11.8. The third-order valence-corrected chi connectivity index (χ3v) is 3.64. The highest BCUT2D eigenvalue weighted by atomic mass is 79.9. The van der Waals surface area contributed by atoms with Crippen molar-refractivity contribution in [3.8, 4) is 0 Å². The Morgan fingerprint density at radius 3 is 2.67 bits per heavy atom. The molecular formula is C11H17BrF3NO2. The van der Waals surface area contributed by atoms with E-state index in [2.05, 4.69) is 26.0 Å².